The summed E-state index contributed by atoms with van der Waals surface area (Å²) < 4.78 is 16.3. The summed E-state index contributed by atoms with van der Waals surface area (Å²) in [7, 11) is 0. The quantitative estimate of drug-likeness (QED) is 0.693. The van der Waals surface area contributed by atoms with Crippen LogP contribution in [0.1, 0.15) is 18.1 Å². The Morgan fingerprint density at radius 2 is 1.75 bits per heavy atom. The highest BCUT2D eigenvalue weighted by Crippen LogP contribution is 2.10. The number of nitrogens with zero attached hydrogens (tertiary/aromatic N) is 2. The van der Waals surface area contributed by atoms with Crippen molar-refractivity contribution < 1.29 is 4.39 Å². The van der Waals surface area contributed by atoms with Crippen LogP contribution in [0.5, 0.6) is 0 Å². The summed E-state index contributed by atoms with van der Waals surface area (Å²) >= 11 is 0. The summed E-state index contributed by atoms with van der Waals surface area (Å²) in [4.78, 5) is 24.7. The van der Waals surface area contributed by atoms with Gasteiger partial charge in [0.2, 0.25) is 0 Å². The van der Waals surface area contributed by atoms with Crippen molar-refractivity contribution in [2.45, 2.75) is 19.9 Å². The number of halogens is 1. The van der Waals surface area contributed by atoms with Gasteiger partial charge in [-0.25, -0.2) is 4.39 Å². The number of aromatic nitrogens is 2. The van der Waals surface area contributed by atoms with Gasteiger partial charge in [0.15, 0.2) is 0 Å². The largest absolute Gasteiger partial charge is 0.320 e. The molecule has 0 atom stereocenters. The molecular weight excluding hydrogens is 307 g/mol. The molecule has 1 heterocycles. The Balaban J connectivity index is 2.02. The molecule has 0 bridgehead atoms. The Labute approximate surface area is 138 Å². The Bertz CT molecular complexity index is 989. The highest BCUT2D eigenvalue weighted by molar-refractivity contribution is 5.36. The lowest BCUT2D eigenvalue weighted by Crippen LogP contribution is -2.40. The standard InChI is InChI=1S/C19H17FN2O2/c1-2-14-6-5-8-16(12-14)22-11-10-21(18(23)19(22)24)13-15-7-3-4-9-17(15)20/h3-12H,2,13H2,1H3. The highest BCUT2D eigenvalue weighted by Gasteiger charge is 2.09. The van der Waals surface area contributed by atoms with Crippen LogP contribution in [0.3, 0.4) is 0 Å². The van der Waals surface area contributed by atoms with E-state index in [4.69, 9.17) is 0 Å². The normalized spacial score (nSPS) is 10.8. The van der Waals surface area contributed by atoms with E-state index in [-0.39, 0.29) is 6.54 Å². The summed E-state index contributed by atoms with van der Waals surface area (Å²) in [6, 6.07) is 13.7. The summed E-state index contributed by atoms with van der Waals surface area (Å²) in [6.45, 7) is 2.05. The molecule has 1 aromatic heterocycles. The second-order valence-electron chi connectivity index (χ2n) is 5.52. The van der Waals surface area contributed by atoms with Gasteiger partial charge in [-0.3, -0.25) is 14.2 Å². The molecule has 0 radical (unpaired) electrons. The summed E-state index contributed by atoms with van der Waals surface area (Å²) in [6.07, 6.45) is 3.89. The van der Waals surface area contributed by atoms with Crippen LogP contribution < -0.4 is 11.1 Å². The summed E-state index contributed by atoms with van der Waals surface area (Å²) in [5.41, 5.74) is 0.763. The average molecular weight is 324 g/mol. The number of rotatable bonds is 4. The van der Waals surface area contributed by atoms with Crippen molar-refractivity contribution in [2.75, 3.05) is 0 Å². The lowest BCUT2D eigenvalue weighted by molar-refractivity contribution is 0.593. The minimum absolute atomic E-state index is 0.0244. The summed E-state index contributed by atoms with van der Waals surface area (Å²) in [5, 5.41) is 0. The second kappa shape index (κ2) is 6.66. The molecule has 3 aromatic rings. The molecular formula is C19H17FN2O2. The molecule has 4 nitrogen and oxygen atoms in total. The first-order chi connectivity index (χ1) is 11.6. The Kier molecular flexibility index (Phi) is 4.42. The lowest BCUT2D eigenvalue weighted by Gasteiger charge is -2.10. The second-order valence-corrected chi connectivity index (χ2v) is 5.52. The van der Waals surface area contributed by atoms with Gasteiger partial charge in [0.1, 0.15) is 5.82 Å². The van der Waals surface area contributed by atoms with E-state index in [1.807, 2.05) is 25.1 Å². The predicted octanol–water partition coefficient (Wildman–Crippen LogP) is 2.75. The first kappa shape index (κ1) is 15.9. The van der Waals surface area contributed by atoms with Crippen molar-refractivity contribution in [1.82, 2.24) is 9.13 Å². The summed E-state index contributed by atoms with van der Waals surface area (Å²) in [5.74, 6) is -0.399. The van der Waals surface area contributed by atoms with Crippen molar-refractivity contribution in [2.24, 2.45) is 0 Å². The zero-order valence-electron chi connectivity index (χ0n) is 13.3. The van der Waals surface area contributed by atoms with Crippen LogP contribution in [-0.2, 0) is 13.0 Å². The zero-order valence-corrected chi connectivity index (χ0v) is 13.3. The van der Waals surface area contributed by atoms with Gasteiger partial charge < -0.3 is 4.57 Å². The van der Waals surface area contributed by atoms with E-state index in [0.29, 0.717) is 11.3 Å². The fraction of sp³-hybridized carbons (Fsp3) is 0.158. The molecule has 5 heteroatoms. The van der Waals surface area contributed by atoms with E-state index < -0.39 is 16.9 Å². The number of benzene rings is 2. The van der Waals surface area contributed by atoms with Crippen molar-refractivity contribution in [1.29, 1.82) is 0 Å². The highest BCUT2D eigenvalue weighted by atomic mass is 19.1. The first-order valence-corrected chi connectivity index (χ1v) is 7.75. The third-order valence-electron chi connectivity index (χ3n) is 3.95. The Morgan fingerprint density at radius 1 is 0.958 bits per heavy atom. The monoisotopic (exact) mass is 324 g/mol. The van der Waals surface area contributed by atoms with Gasteiger partial charge in [0.25, 0.3) is 0 Å². The fourth-order valence-corrected chi connectivity index (χ4v) is 2.57. The van der Waals surface area contributed by atoms with E-state index in [0.717, 1.165) is 12.0 Å². The van der Waals surface area contributed by atoms with Gasteiger partial charge >= 0.3 is 11.1 Å². The maximum absolute atomic E-state index is 13.7. The van der Waals surface area contributed by atoms with Crippen LogP contribution in [0.25, 0.3) is 5.69 Å². The van der Waals surface area contributed by atoms with Crippen LogP contribution in [0.4, 0.5) is 4.39 Å². The maximum Gasteiger partial charge on any atom is 0.320 e. The molecule has 0 aliphatic heterocycles. The smallest absolute Gasteiger partial charge is 0.305 e. The Morgan fingerprint density at radius 3 is 2.50 bits per heavy atom. The van der Waals surface area contributed by atoms with Crippen molar-refractivity contribution >= 4 is 0 Å². The Hall–Kier alpha value is -2.95. The molecule has 2 aromatic carbocycles. The third kappa shape index (κ3) is 3.06. The minimum Gasteiger partial charge on any atom is -0.305 e. The number of aryl methyl sites for hydroxylation is 1. The molecule has 0 saturated carbocycles. The van der Waals surface area contributed by atoms with Crippen LogP contribution >= 0.6 is 0 Å². The molecule has 24 heavy (non-hydrogen) atoms. The number of hydrogen-bond acceptors (Lipinski definition) is 2. The molecule has 0 N–H and O–H groups in total. The lowest BCUT2D eigenvalue weighted by atomic mass is 10.1. The minimum atomic E-state index is -0.678. The zero-order chi connectivity index (χ0) is 17.1. The van der Waals surface area contributed by atoms with E-state index in [1.165, 1.54) is 21.4 Å². The topological polar surface area (TPSA) is 44.0 Å². The molecule has 0 spiro atoms. The molecule has 0 amide bonds. The SMILES string of the molecule is CCc1cccc(-n2ccn(Cc3ccccc3F)c(=O)c2=O)c1. The van der Waals surface area contributed by atoms with Crippen LogP contribution in [-0.4, -0.2) is 9.13 Å². The fourth-order valence-electron chi connectivity index (χ4n) is 2.57. The van der Waals surface area contributed by atoms with Gasteiger partial charge in [-0.2, -0.15) is 0 Å². The first-order valence-electron chi connectivity index (χ1n) is 7.75. The van der Waals surface area contributed by atoms with Gasteiger partial charge in [-0.15, -0.1) is 0 Å². The molecule has 0 aliphatic rings. The molecule has 0 saturated heterocycles. The van der Waals surface area contributed by atoms with Gasteiger partial charge in [0.05, 0.1) is 6.54 Å². The average Bonchev–Trinajstić information content (AvgIpc) is 2.61. The van der Waals surface area contributed by atoms with Gasteiger partial charge in [-0.1, -0.05) is 37.3 Å². The van der Waals surface area contributed by atoms with E-state index >= 15 is 0 Å². The van der Waals surface area contributed by atoms with Crippen LogP contribution in [0, 0.1) is 5.82 Å². The van der Waals surface area contributed by atoms with Crippen LogP contribution in [0.2, 0.25) is 0 Å². The molecule has 0 fully saturated rings. The van der Waals surface area contributed by atoms with E-state index in [2.05, 4.69) is 0 Å². The maximum atomic E-state index is 13.7. The number of hydrogen-bond donors (Lipinski definition) is 0. The van der Waals surface area contributed by atoms with Gasteiger partial charge in [-0.05, 0) is 30.2 Å². The van der Waals surface area contributed by atoms with Gasteiger partial charge in [0, 0.05) is 23.6 Å². The van der Waals surface area contributed by atoms with E-state index in [9.17, 15) is 14.0 Å². The van der Waals surface area contributed by atoms with Crippen molar-refractivity contribution in [3.8, 4) is 5.69 Å². The van der Waals surface area contributed by atoms with Crippen molar-refractivity contribution in [3.63, 3.8) is 0 Å². The van der Waals surface area contributed by atoms with Crippen LogP contribution in [0.15, 0.2) is 70.5 Å². The molecule has 0 aliphatic carbocycles. The molecule has 0 unspecified atom stereocenters. The van der Waals surface area contributed by atoms with Crippen molar-refractivity contribution in [3.05, 3.63) is 98.6 Å². The third-order valence-corrected chi connectivity index (χ3v) is 3.95. The predicted molar refractivity (Wildman–Crippen MR) is 91.2 cm³/mol. The molecule has 122 valence electrons. The molecule has 3 rings (SSSR count). The van der Waals surface area contributed by atoms with E-state index in [1.54, 1.807) is 30.5 Å².